The number of fused-ring (bicyclic) bond motifs is 2. The summed E-state index contributed by atoms with van der Waals surface area (Å²) in [6.45, 7) is 0.486. The predicted octanol–water partition coefficient (Wildman–Crippen LogP) is 2.49. The SMILES string of the molecule is COC(=O)c1cc2c([nH]1)C(=O)C=C1N(C(=O)c3cc4cc(OC)c(O)cc4[nH]3)C[C@@H]3C[C@@]123. The average Bonchev–Trinajstić information content (AvgIpc) is 3.13. The van der Waals surface area contributed by atoms with Crippen molar-refractivity contribution < 1.29 is 29.0 Å². The lowest BCUT2D eigenvalue weighted by Crippen LogP contribution is -2.33. The molecule has 1 aromatic carbocycles. The van der Waals surface area contributed by atoms with Crippen LogP contribution in [0.25, 0.3) is 10.9 Å². The molecule has 32 heavy (non-hydrogen) atoms. The minimum atomic E-state index is -0.537. The molecular weight excluding hydrogens is 414 g/mol. The van der Waals surface area contributed by atoms with Crippen LogP contribution in [-0.4, -0.2) is 58.4 Å². The molecule has 1 saturated carbocycles. The predicted molar refractivity (Wildman–Crippen MR) is 112 cm³/mol. The summed E-state index contributed by atoms with van der Waals surface area (Å²) in [5, 5.41) is 10.7. The Hall–Kier alpha value is -4.01. The third kappa shape index (κ3) is 2.25. The van der Waals surface area contributed by atoms with Crippen molar-refractivity contribution in [2.75, 3.05) is 20.8 Å². The molecule has 9 nitrogen and oxygen atoms in total. The number of ether oxygens (including phenoxy) is 2. The maximum Gasteiger partial charge on any atom is 0.354 e. The van der Waals surface area contributed by atoms with Crippen molar-refractivity contribution in [2.24, 2.45) is 5.92 Å². The number of aromatic nitrogens is 2. The number of methoxy groups -OCH3 is 2. The van der Waals surface area contributed by atoms with Gasteiger partial charge >= 0.3 is 5.97 Å². The highest BCUT2D eigenvalue weighted by atomic mass is 16.5. The molecule has 9 heteroatoms. The highest BCUT2D eigenvalue weighted by Crippen LogP contribution is 2.66. The van der Waals surface area contributed by atoms with Crippen LogP contribution in [0.5, 0.6) is 11.5 Å². The zero-order chi connectivity index (χ0) is 22.4. The number of H-pyrrole nitrogens is 2. The van der Waals surface area contributed by atoms with Crippen LogP contribution in [0.3, 0.4) is 0 Å². The van der Waals surface area contributed by atoms with E-state index in [1.807, 2.05) is 0 Å². The fourth-order valence-corrected chi connectivity index (χ4v) is 5.28. The van der Waals surface area contributed by atoms with Crippen molar-refractivity contribution in [2.45, 2.75) is 11.8 Å². The number of likely N-dealkylation sites (tertiary alicyclic amines) is 1. The number of aromatic hydroxyl groups is 1. The molecule has 2 fully saturated rings. The second kappa shape index (κ2) is 6.03. The lowest BCUT2D eigenvalue weighted by Gasteiger charge is -2.27. The molecule has 2 atom stereocenters. The number of amides is 1. The van der Waals surface area contributed by atoms with E-state index in [1.54, 1.807) is 23.1 Å². The first kappa shape index (κ1) is 18.7. The Morgan fingerprint density at radius 1 is 1.16 bits per heavy atom. The Morgan fingerprint density at radius 3 is 2.72 bits per heavy atom. The van der Waals surface area contributed by atoms with E-state index in [0.29, 0.717) is 34.9 Å². The highest BCUT2D eigenvalue weighted by Gasteiger charge is 2.67. The van der Waals surface area contributed by atoms with Crippen molar-refractivity contribution in [3.8, 4) is 11.5 Å². The molecule has 0 radical (unpaired) electrons. The van der Waals surface area contributed by atoms with Gasteiger partial charge in [0.15, 0.2) is 11.5 Å². The van der Waals surface area contributed by atoms with Gasteiger partial charge < -0.3 is 29.4 Å². The van der Waals surface area contributed by atoms with Crippen molar-refractivity contribution in [3.05, 3.63) is 58.7 Å². The van der Waals surface area contributed by atoms with Crippen molar-refractivity contribution in [1.82, 2.24) is 14.9 Å². The lowest BCUT2D eigenvalue weighted by atomic mass is 9.85. The van der Waals surface area contributed by atoms with Gasteiger partial charge in [-0.2, -0.15) is 0 Å². The van der Waals surface area contributed by atoms with Crippen LogP contribution < -0.4 is 4.74 Å². The molecule has 6 rings (SSSR count). The smallest absolute Gasteiger partial charge is 0.354 e. The molecule has 2 aliphatic carbocycles. The fourth-order valence-electron chi connectivity index (χ4n) is 5.28. The van der Waals surface area contributed by atoms with E-state index in [9.17, 15) is 19.5 Å². The molecule has 1 saturated heterocycles. The van der Waals surface area contributed by atoms with Crippen LogP contribution in [0.2, 0.25) is 0 Å². The van der Waals surface area contributed by atoms with Crippen molar-refractivity contribution in [3.63, 3.8) is 0 Å². The number of hydrogen-bond donors (Lipinski definition) is 3. The van der Waals surface area contributed by atoms with Gasteiger partial charge in [0.1, 0.15) is 11.4 Å². The zero-order valence-corrected chi connectivity index (χ0v) is 17.3. The fraction of sp³-hybridized carbons (Fsp3) is 0.261. The number of carbonyl (C=O) groups excluding carboxylic acids is 3. The molecular formula is C23H19N3O6. The van der Waals surface area contributed by atoms with Gasteiger partial charge in [0, 0.05) is 40.7 Å². The van der Waals surface area contributed by atoms with Crippen molar-refractivity contribution in [1.29, 1.82) is 0 Å². The van der Waals surface area contributed by atoms with Gasteiger partial charge in [-0.05, 0) is 36.1 Å². The van der Waals surface area contributed by atoms with E-state index in [0.717, 1.165) is 17.4 Å². The van der Waals surface area contributed by atoms with Gasteiger partial charge in [-0.1, -0.05) is 0 Å². The van der Waals surface area contributed by atoms with Crippen LogP contribution in [0, 0.1) is 5.92 Å². The summed E-state index contributed by atoms with van der Waals surface area (Å²) in [5.74, 6) is -0.586. The minimum Gasteiger partial charge on any atom is -0.504 e. The Kier molecular flexibility index (Phi) is 3.53. The van der Waals surface area contributed by atoms with E-state index in [1.165, 1.54) is 26.4 Å². The number of esters is 1. The number of piperidine rings is 1. The quantitative estimate of drug-likeness (QED) is 0.545. The third-order valence-electron chi connectivity index (χ3n) is 6.87. The summed E-state index contributed by atoms with van der Waals surface area (Å²) >= 11 is 0. The topological polar surface area (TPSA) is 125 Å². The van der Waals surface area contributed by atoms with Crippen LogP contribution >= 0.6 is 0 Å². The Morgan fingerprint density at radius 2 is 1.97 bits per heavy atom. The number of rotatable bonds is 3. The number of ketones is 1. The molecule has 1 spiro atoms. The van der Waals surface area contributed by atoms with E-state index in [2.05, 4.69) is 9.97 Å². The number of benzene rings is 1. The van der Waals surface area contributed by atoms with Crippen LogP contribution in [0.15, 0.2) is 36.0 Å². The number of nitrogens with one attached hydrogen (secondary N) is 2. The standard InChI is InChI=1S/C23H19N3O6/c1-31-18-4-10-3-14(24-13(10)6-16(18)27)21(29)26-9-11-8-23(11)12-5-15(22(30)32-2)25-20(12)17(28)7-19(23)26/h3-7,11,24-25,27H,8-9H2,1-2H3/t11-,23-/m0/s1. The molecule has 0 unspecified atom stereocenters. The molecule has 2 aromatic heterocycles. The maximum atomic E-state index is 13.4. The van der Waals surface area contributed by atoms with Gasteiger partial charge in [0.05, 0.1) is 19.9 Å². The molecule has 0 bridgehead atoms. The van der Waals surface area contributed by atoms with E-state index < -0.39 is 11.4 Å². The summed E-state index contributed by atoms with van der Waals surface area (Å²) in [4.78, 5) is 45.8. The second-order valence-corrected chi connectivity index (χ2v) is 8.44. The summed E-state index contributed by atoms with van der Waals surface area (Å²) in [6, 6.07) is 6.55. The first-order valence-electron chi connectivity index (χ1n) is 10.2. The van der Waals surface area contributed by atoms with Gasteiger partial charge in [-0.15, -0.1) is 0 Å². The summed E-state index contributed by atoms with van der Waals surface area (Å²) in [5.41, 5.74) is 2.57. The molecule has 3 heterocycles. The van der Waals surface area contributed by atoms with Crippen LogP contribution in [-0.2, 0) is 10.2 Å². The minimum absolute atomic E-state index is 0.0239. The van der Waals surface area contributed by atoms with Crippen molar-refractivity contribution >= 4 is 28.6 Å². The molecule has 1 aliphatic heterocycles. The lowest BCUT2D eigenvalue weighted by molar-refractivity contribution is 0.0594. The van der Waals surface area contributed by atoms with Gasteiger partial charge in [0.25, 0.3) is 5.91 Å². The molecule has 3 N–H and O–H groups in total. The molecule has 3 aliphatic rings. The summed E-state index contributed by atoms with van der Waals surface area (Å²) in [6.07, 6.45) is 2.32. The maximum absolute atomic E-state index is 13.4. The Balaban J connectivity index is 1.38. The third-order valence-corrected chi connectivity index (χ3v) is 6.87. The molecule has 1 amide bonds. The summed E-state index contributed by atoms with van der Waals surface area (Å²) < 4.78 is 9.93. The normalized spacial score (nSPS) is 22.8. The number of phenolic OH excluding ortho intramolecular Hbond substituents is 1. The first-order chi connectivity index (χ1) is 15.4. The van der Waals surface area contributed by atoms with E-state index >= 15 is 0 Å². The number of allylic oxidation sites excluding steroid dienone is 2. The molecule has 162 valence electrons. The molecule has 3 aromatic rings. The Labute approximate surface area is 181 Å². The number of phenols is 1. The Bertz CT molecular complexity index is 1400. The first-order valence-corrected chi connectivity index (χ1v) is 10.2. The summed E-state index contributed by atoms with van der Waals surface area (Å²) in [7, 11) is 2.75. The number of carbonyl (C=O) groups is 3. The monoisotopic (exact) mass is 433 g/mol. The second-order valence-electron chi connectivity index (χ2n) is 8.44. The van der Waals surface area contributed by atoms with Crippen LogP contribution in [0.1, 0.15) is 43.4 Å². The number of aromatic amines is 2. The largest absolute Gasteiger partial charge is 0.504 e. The van der Waals surface area contributed by atoms with E-state index in [-0.39, 0.29) is 29.1 Å². The highest BCUT2D eigenvalue weighted by molar-refractivity contribution is 6.10. The van der Waals surface area contributed by atoms with Gasteiger partial charge in [-0.25, -0.2) is 4.79 Å². The van der Waals surface area contributed by atoms with E-state index in [4.69, 9.17) is 9.47 Å². The zero-order valence-electron chi connectivity index (χ0n) is 17.3. The van der Waals surface area contributed by atoms with Gasteiger partial charge in [-0.3, -0.25) is 9.59 Å². The average molecular weight is 433 g/mol. The number of hydrogen-bond acceptors (Lipinski definition) is 6. The van der Waals surface area contributed by atoms with Gasteiger partial charge in [0.2, 0.25) is 5.78 Å². The number of nitrogens with zero attached hydrogens (tertiary/aromatic N) is 1. The van der Waals surface area contributed by atoms with Crippen LogP contribution in [0.4, 0.5) is 0 Å².